The Morgan fingerprint density at radius 2 is 1.64 bits per heavy atom. The van der Waals surface area contributed by atoms with E-state index in [1.54, 1.807) is 6.07 Å². The normalized spacial score (nSPS) is 18.8. The molecule has 0 radical (unpaired) electrons. The van der Waals surface area contributed by atoms with Crippen molar-refractivity contribution in [3.8, 4) is 23.0 Å². The van der Waals surface area contributed by atoms with E-state index in [4.69, 9.17) is 55.8 Å². The SMILES string of the molecule is Nc1c(Cl)cc(-c2nnc(C3CCN(CC4CCOCC4)CC3)o2)c2c1OCCO2.O=C(O)C(=O)O. The van der Waals surface area contributed by atoms with Crippen LogP contribution in [-0.2, 0) is 14.3 Å². The van der Waals surface area contributed by atoms with Gasteiger partial charge in [0.15, 0.2) is 11.5 Å². The van der Waals surface area contributed by atoms with Crippen LogP contribution >= 0.6 is 11.6 Å². The molecule has 36 heavy (non-hydrogen) atoms. The molecule has 0 aliphatic carbocycles. The van der Waals surface area contributed by atoms with E-state index in [1.807, 2.05) is 0 Å². The third-order valence-corrected chi connectivity index (χ3v) is 6.76. The summed E-state index contributed by atoms with van der Waals surface area (Å²) in [5.41, 5.74) is 7.03. The number of benzene rings is 1. The fraction of sp³-hybridized carbons (Fsp3) is 0.565. The lowest BCUT2D eigenvalue weighted by Gasteiger charge is -2.34. The van der Waals surface area contributed by atoms with Gasteiger partial charge in [0.2, 0.25) is 5.89 Å². The van der Waals surface area contributed by atoms with Crippen molar-refractivity contribution in [3.63, 3.8) is 0 Å². The topological polar surface area (TPSA) is 170 Å². The average molecular weight is 525 g/mol. The van der Waals surface area contributed by atoms with Crippen LogP contribution in [0.5, 0.6) is 11.5 Å². The lowest BCUT2D eigenvalue weighted by molar-refractivity contribution is -0.159. The molecule has 13 heteroatoms. The Morgan fingerprint density at radius 3 is 2.28 bits per heavy atom. The van der Waals surface area contributed by atoms with Crippen molar-refractivity contribution in [3.05, 3.63) is 17.0 Å². The van der Waals surface area contributed by atoms with Crippen molar-refractivity contribution in [2.45, 2.75) is 31.6 Å². The highest BCUT2D eigenvalue weighted by Crippen LogP contribution is 2.47. The largest absolute Gasteiger partial charge is 0.485 e. The molecule has 12 nitrogen and oxygen atoms in total. The van der Waals surface area contributed by atoms with Gasteiger partial charge in [-0.15, -0.1) is 10.2 Å². The van der Waals surface area contributed by atoms with Crippen molar-refractivity contribution < 1.29 is 38.4 Å². The summed E-state index contributed by atoms with van der Waals surface area (Å²) in [7, 11) is 0. The summed E-state index contributed by atoms with van der Waals surface area (Å²) in [5.74, 6) is -0.588. The van der Waals surface area contributed by atoms with Gasteiger partial charge in [-0.2, -0.15) is 0 Å². The number of nitrogens with zero attached hydrogens (tertiary/aromatic N) is 3. The number of hydrogen-bond donors (Lipinski definition) is 3. The van der Waals surface area contributed by atoms with Crippen LogP contribution in [0.4, 0.5) is 5.69 Å². The van der Waals surface area contributed by atoms with Gasteiger partial charge in [-0.25, -0.2) is 9.59 Å². The minimum absolute atomic E-state index is 0.273. The average Bonchev–Trinajstić information content (AvgIpc) is 3.38. The van der Waals surface area contributed by atoms with E-state index in [-0.39, 0.29) is 5.92 Å². The van der Waals surface area contributed by atoms with Gasteiger partial charge in [0.1, 0.15) is 13.2 Å². The molecule has 0 unspecified atom stereocenters. The second kappa shape index (κ2) is 11.8. The second-order valence-corrected chi connectivity index (χ2v) is 9.27. The van der Waals surface area contributed by atoms with Crippen LogP contribution in [0, 0.1) is 5.92 Å². The van der Waals surface area contributed by atoms with E-state index in [0.29, 0.717) is 52.8 Å². The molecule has 5 rings (SSSR count). The second-order valence-electron chi connectivity index (χ2n) is 8.86. The maximum atomic E-state index is 9.10. The first-order chi connectivity index (χ1) is 17.3. The van der Waals surface area contributed by atoms with E-state index in [1.165, 1.54) is 19.4 Å². The highest BCUT2D eigenvalue weighted by Gasteiger charge is 2.29. The van der Waals surface area contributed by atoms with Gasteiger partial charge in [-0.3, -0.25) is 0 Å². The number of likely N-dealkylation sites (tertiary alicyclic amines) is 1. The summed E-state index contributed by atoms with van der Waals surface area (Å²) in [6, 6.07) is 1.71. The van der Waals surface area contributed by atoms with E-state index in [0.717, 1.165) is 45.1 Å². The van der Waals surface area contributed by atoms with Gasteiger partial charge in [-0.05, 0) is 50.8 Å². The quantitative estimate of drug-likeness (QED) is 0.395. The standard InChI is InChI=1S/C21H27ClN4O4.C2H2O4/c22-16-11-15(18-19(17(16)23)29-10-9-28-18)21-25-24-20(30-21)14-1-5-26(6-2-14)12-13-3-7-27-8-4-13;3-1(4)2(5)6/h11,13-14H,1-10,12,23H2;(H,3,4)(H,5,6). The molecule has 2 saturated heterocycles. The number of anilines is 1. The van der Waals surface area contributed by atoms with Crippen LogP contribution in [0.1, 0.15) is 37.5 Å². The van der Waals surface area contributed by atoms with Gasteiger partial charge in [0.25, 0.3) is 5.89 Å². The molecule has 0 atom stereocenters. The third kappa shape index (κ3) is 6.18. The van der Waals surface area contributed by atoms with Crippen molar-refractivity contribution in [2.24, 2.45) is 5.92 Å². The number of nitrogens with two attached hydrogens (primary N) is 1. The zero-order valence-electron chi connectivity index (χ0n) is 19.7. The molecule has 4 N–H and O–H groups in total. The maximum Gasteiger partial charge on any atom is 0.414 e. The van der Waals surface area contributed by atoms with E-state index in [2.05, 4.69) is 15.1 Å². The van der Waals surface area contributed by atoms with Crippen LogP contribution in [0.25, 0.3) is 11.5 Å². The molecular weight excluding hydrogens is 496 g/mol. The summed E-state index contributed by atoms with van der Waals surface area (Å²) in [4.78, 5) is 20.8. The molecule has 2 fully saturated rings. The van der Waals surface area contributed by atoms with Crippen molar-refractivity contribution in [2.75, 3.05) is 51.8 Å². The predicted molar refractivity (Wildman–Crippen MR) is 127 cm³/mol. The highest BCUT2D eigenvalue weighted by molar-refractivity contribution is 6.34. The van der Waals surface area contributed by atoms with Crippen LogP contribution in [-0.4, -0.2) is 83.3 Å². The Kier molecular flexibility index (Phi) is 8.49. The van der Waals surface area contributed by atoms with E-state index in [9.17, 15) is 0 Å². The van der Waals surface area contributed by atoms with Gasteiger partial charge in [0.05, 0.1) is 16.3 Å². The molecular formula is C23H29ClN4O8. The van der Waals surface area contributed by atoms with Crippen molar-refractivity contribution >= 4 is 29.2 Å². The van der Waals surface area contributed by atoms with Crippen LogP contribution in [0.2, 0.25) is 5.02 Å². The molecule has 0 bridgehead atoms. The molecule has 2 aromatic rings. The zero-order valence-corrected chi connectivity index (χ0v) is 20.4. The lowest BCUT2D eigenvalue weighted by Crippen LogP contribution is -2.38. The number of carboxylic acid groups (broad SMARTS) is 2. The molecule has 0 amide bonds. The number of carbonyl (C=O) groups is 2. The molecule has 3 aliphatic heterocycles. The van der Waals surface area contributed by atoms with Gasteiger partial charge in [0, 0.05) is 25.7 Å². The first-order valence-electron chi connectivity index (χ1n) is 11.8. The molecule has 1 aromatic heterocycles. The van der Waals surface area contributed by atoms with E-state index < -0.39 is 11.9 Å². The number of carboxylic acids is 2. The molecule has 196 valence electrons. The number of rotatable bonds is 4. The Balaban J connectivity index is 0.000000455. The fourth-order valence-corrected chi connectivity index (χ4v) is 4.72. The Labute approximate surface area is 212 Å². The number of fused-ring (bicyclic) bond motifs is 1. The van der Waals surface area contributed by atoms with Crippen LogP contribution in [0.15, 0.2) is 10.5 Å². The summed E-state index contributed by atoms with van der Waals surface area (Å²) in [6.07, 6.45) is 4.39. The minimum atomic E-state index is -1.82. The van der Waals surface area contributed by atoms with Gasteiger partial charge < -0.3 is 39.5 Å². The van der Waals surface area contributed by atoms with Crippen molar-refractivity contribution in [1.29, 1.82) is 0 Å². The van der Waals surface area contributed by atoms with Crippen molar-refractivity contribution in [1.82, 2.24) is 15.1 Å². The number of ether oxygens (including phenoxy) is 3. The maximum absolute atomic E-state index is 9.10. The number of halogens is 1. The smallest absolute Gasteiger partial charge is 0.414 e. The summed E-state index contributed by atoms with van der Waals surface area (Å²) >= 11 is 6.29. The number of nitrogen functional groups attached to an aromatic ring is 1. The molecule has 3 aliphatic rings. The number of aliphatic carboxylic acids is 2. The monoisotopic (exact) mass is 524 g/mol. The first kappa shape index (κ1) is 26.0. The Morgan fingerprint density at radius 1 is 1.00 bits per heavy atom. The Hall–Kier alpha value is -3.09. The molecule has 0 spiro atoms. The zero-order chi connectivity index (χ0) is 25.7. The fourth-order valence-electron chi connectivity index (χ4n) is 4.52. The summed E-state index contributed by atoms with van der Waals surface area (Å²) in [5, 5.41) is 23.8. The predicted octanol–water partition coefficient (Wildman–Crippen LogP) is 2.50. The first-order valence-corrected chi connectivity index (χ1v) is 12.2. The summed E-state index contributed by atoms with van der Waals surface area (Å²) in [6.45, 7) is 5.95. The van der Waals surface area contributed by atoms with Gasteiger partial charge in [-0.1, -0.05) is 11.6 Å². The lowest BCUT2D eigenvalue weighted by atomic mass is 9.94. The third-order valence-electron chi connectivity index (χ3n) is 6.45. The van der Waals surface area contributed by atoms with E-state index >= 15 is 0 Å². The van der Waals surface area contributed by atoms with Crippen LogP contribution < -0.4 is 15.2 Å². The number of aromatic nitrogens is 2. The molecule has 0 saturated carbocycles. The molecule has 4 heterocycles. The minimum Gasteiger partial charge on any atom is -0.485 e. The number of piperidine rings is 1. The molecule has 1 aromatic carbocycles. The summed E-state index contributed by atoms with van der Waals surface area (Å²) < 4.78 is 23.0. The highest BCUT2D eigenvalue weighted by atomic mass is 35.5. The number of hydrogen-bond acceptors (Lipinski definition) is 10. The Bertz CT molecular complexity index is 1070. The van der Waals surface area contributed by atoms with Crippen LogP contribution in [0.3, 0.4) is 0 Å². The van der Waals surface area contributed by atoms with Gasteiger partial charge >= 0.3 is 11.9 Å².